The largest absolute Gasteiger partial charge is 0.331 e. The highest BCUT2D eigenvalue weighted by Crippen LogP contribution is 2.50. The molecule has 0 aromatic heterocycles. The Kier molecular flexibility index (Phi) is 13.4. The summed E-state index contributed by atoms with van der Waals surface area (Å²) in [6, 6.07) is 59.1. The van der Waals surface area contributed by atoms with Crippen molar-refractivity contribution in [2.24, 2.45) is 0 Å². The molecule has 1 nitrogen and oxygen atoms in total. The van der Waals surface area contributed by atoms with Crippen LogP contribution in [0.2, 0.25) is 6.32 Å². The van der Waals surface area contributed by atoms with Crippen LogP contribution in [0.15, 0.2) is 209 Å². The first-order valence-corrected chi connectivity index (χ1v) is 21.8. The lowest BCUT2D eigenvalue weighted by Crippen LogP contribution is -2.28. The predicted octanol–water partition coefficient (Wildman–Crippen LogP) is 11.7. The summed E-state index contributed by atoms with van der Waals surface area (Å²) in [4.78, 5) is 1.90. The monoisotopic (exact) mass is 829 g/mol. The minimum atomic E-state index is -0.256. The molecule has 300 valence electrons. The van der Waals surface area contributed by atoms with E-state index in [2.05, 4.69) is 105 Å². The average Bonchev–Trinajstić information content (AvgIpc) is 3.59. The summed E-state index contributed by atoms with van der Waals surface area (Å²) in [6.07, 6.45) is 12.6. The van der Waals surface area contributed by atoms with E-state index < -0.39 is 0 Å². The van der Waals surface area contributed by atoms with Gasteiger partial charge in [-0.25, -0.2) is 0 Å². The van der Waals surface area contributed by atoms with Crippen LogP contribution in [0.4, 0.5) is 5.69 Å². The van der Waals surface area contributed by atoms with Crippen molar-refractivity contribution in [3.05, 3.63) is 231 Å². The van der Waals surface area contributed by atoms with Gasteiger partial charge in [0.2, 0.25) is 0 Å². The van der Waals surface area contributed by atoms with Crippen LogP contribution >= 0.6 is 0 Å². The van der Waals surface area contributed by atoms with Crippen molar-refractivity contribution in [2.75, 3.05) is 11.4 Å². The Hall–Kier alpha value is -7.19. The average molecular weight is 829 g/mol. The van der Waals surface area contributed by atoms with Crippen molar-refractivity contribution >= 4 is 63.9 Å². The van der Waals surface area contributed by atoms with Crippen LogP contribution in [-0.4, -0.2) is 53.6 Å². The van der Waals surface area contributed by atoms with Gasteiger partial charge in [-0.15, -0.1) is 18.3 Å². The lowest BCUT2D eigenvalue weighted by molar-refractivity contribution is 0.660. The highest BCUT2D eigenvalue weighted by molar-refractivity contribution is 6.42. The number of nitrogens with zero attached hydrogens (tertiary/aromatic N) is 1. The fourth-order valence-electron chi connectivity index (χ4n) is 9.18. The molecule has 66 heavy (non-hydrogen) atoms. The van der Waals surface area contributed by atoms with E-state index in [1.807, 2.05) is 102 Å². The van der Waals surface area contributed by atoms with Crippen LogP contribution in [0.3, 0.4) is 0 Å². The molecule has 0 bridgehead atoms. The van der Waals surface area contributed by atoms with Gasteiger partial charge < -0.3 is 4.90 Å². The molecule has 0 atom stereocenters. The number of hydrogen-bond acceptors (Lipinski definition) is 1. The van der Waals surface area contributed by atoms with Crippen molar-refractivity contribution in [3.63, 3.8) is 0 Å². The first-order valence-electron chi connectivity index (χ1n) is 21.8. The number of allylic oxidation sites excluding steroid dienone is 7. The van der Waals surface area contributed by atoms with Crippen molar-refractivity contribution in [1.29, 1.82) is 0 Å². The van der Waals surface area contributed by atoms with Crippen molar-refractivity contribution in [1.82, 2.24) is 0 Å². The van der Waals surface area contributed by atoms with Crippen LogP contribution in [-0.2, 0) is 5.41 Å². The van der Waals surface area contributed by atoms with Gasteiger partial charge >= 0.3 is 0 Å². The first-order chi connectivity index (χ1) is 32.0. The lowest BCUT2D eigenvalue weighted by Gasteiger charge is -2.33. The summed E-state index contributed by atoms with van der Waals surface area (Å²) in [5.41, 5.74) is 14.8. The van der Waals surface area contributed by atoms with E-state index in [9.17, 15) is 0 Å². The molecule has 1 aliphatic rings. The van der Waals surface area contributed by atoms with Crippen molar-refractivity contribution in [3.8, 4) is 69.2 Å². The molecule has 7 aromatic carbocycles. The lowest BCUT2D eigenvalue weighted by atomic mass is 9.69. The Morgan fingerprint density at radius 2 is 1.06 bits per heavy atom. The maximum Gasteiger partial charge on any atom is 0.127 e. The zero-order valence-corrected chi connectivity index (χ0v) is 37.2. The fourth-order valence-corrected chi connectivity index (χ4v) is 9.18. The smallest absolute Gasteiger partial charge is 0.127 e. The molecule has 0 unspecified atom stereocenters. The molecule has 0 saturated heterocycles. The third kappa shape index (κ3) is 8.56. The van der Waals surface area contributed by atoms with Gasteiger partial charge in [-0.2, -0.15) is 0 Å². The minimum Gasteiger partial charge on any atom is -0.331 e. The summed E-state index contributed by atoms with van der Waals surface area (Å²) in [7, 11) is 41.8. The second kappa shape index (κ2) is 19.5. The molecule has 0 fully saturated rings. The molecule has 7 aromatic rings. The Morgan fingerprint density at radius 3 is 1.68 bits per heavy atom. The molecule has 7 heteroatoms. The quantitative estimate of drug-likeness (QED) is 0.0674. The van der Waals surface area contributed by atoms with E-state index in [1.165, 1.54) is 22.3 Å². The molecular weight excluding hydrogens is 788 g/mol. The molecule has 0 spiro atoms. The van der Waals surface area contributed by atoms with E-state index in [0.29, 0.717) is 22.4 Å². The van der Waals surface area contributed by atoms with Gasteiger partial charge in [0.15, 0.2) is 0 Å². The van der Waals surface area contributed by atoms with Crippen molar-refractivity contribution < 1.29 is 0 Å². The van der Waals surface area contributed by atoms with E-state index in [1.54, 1.807) is 0 Å². The van der Waals surface area contributed by atoms with Gasteiger partial charge in [0, 0.05) is 17.5 Å². The molecule has 8 rings (SSSR count). The second-order valence-electron chi connectivity index (χ2n) is 16.7. The molecule has 1 aliphatic carbocycles. The summed E-state index contributed by atoms with van der Waals surface area (Å²) >= 11 is 0. The fraction of sp³-hybridized carbons (Fsp3) is 0.0847. The Bertz CT molecular complexity index is 3180. The second-order valence-corrected chi connectivity index (χ2v) is 16.7. The number of anilines is 1. The van der Waals surface area contributed by atoms with Crippen LogP contribution < -0.4 is 4.90 Å². The van der Waals surface area contributed by atoms with E-state index in [0.717, 1.165) is 38.9 Å². The first kappa shape index (κ1) is 45.4. The number of rotatable bonds is 12. The van der Waals surface area contributed by atoms with Gasteiger partial charge in [-0.3, -0.25) is 0 Å². The maximum atomic E-state index is 7.30. The minimum absolute atomic E-state index is 0.0461. The van der Waals surface area contributed by atoms with E-state index in [-0.39, 0.29) is 51.3 Å². The topological polar surface area (TPSA) is 3.24 Å². The number of fused-ring (bicyclic) bond motifs is 3. The van der Waals surface area contributed by atoms with Gasteiger partial charge in [0.1, 0.15) is 39.2 Å². The zero-order valence-electron chi connectivity index (χ0n) is 37.2. The van der Waals surface area contributed by atoms with Crippen LogP contribution in [0.25, 0.3) is 55.7 Å². The molecule has 0 heterocycles. The van der Waals surface area contributed by atoms with Gasteiger partial charge in [-0.1, -0.05) is 224 Å². The molecule has 0 saturated carbocycles. The SMILES string of the molecule is [B]C/C(=C([B])\C([B])=C(/C#C)N(C/C([B])=C([B])\C(=C(\[B])C#C)c1ccccc1)c1cccc(-c2ccccc2)c1-c1ccccc1-c1ccccc1)c1ccc2c(c1)C(C)(C)c1ccccc1-2. The number of benzene rings is 7. The highest BCUT2D eigenvalue weighted by atomic mass is 15.1. The standard InChI is InChI=1S/C59H41B6N/c1-5-50(61)54(40-25-14-9-15-26-40)57(64)51(62)37-66(52(6-2)58(65)56(63)47(36-60)41-33-34-45-44-28-18-19-31-48(44)59(3,4)49(45)35-41)53-32-20-30-43(39-23-12-8-13-24-39)55(53)46-29-17-16-27-42(46)38-21-10-7-11-22-38/h1-2,7-35H,36-37H2,3-4H3/b54-50+,56-47-,57-51-,58-52-. The highest BCUT2D eigenvalue weighted by Gasteiger charge is 2.35. The molecule has 0 amide bonds. The zero-order chi connectivity index (χ0) is 46.5. The van der Waals surface area contributed by atoms with Gasteiger partial charge in [0.05, 0.1) is 19.2 Å². The number of terminal acetylenes is 2. The normalized spacial score (nSPS) is 13.9. The summed E-state index contributed by atoms with van der Waals surface area (Å²) < 4.78 is 0. The van der Waals surface area contributed by atoms with Crippen molar-refractivity contribution in [2.45, 2.75) is 25.6 Å². The molecular formula is C59H41B6N. The Balaban J connectivity index is 1.40. The van der Waals surface area contributed by atoms with Crippen LogP contribution in [0.5, 0.6) is 0 Å². The summed E-state index contributed by atoms with van der Waals surface area (Å²) in [5, 5.41) is 0. The maximum absolute atomic E-state index is 7.30. The third-order valence-electron chi connectivity index (χ3n) is 12.5. The Morgan fingerprint density at radius 1 is 0.515 bits per heavy atom. The predicted molar refractivity (Wildman–Crippen MR) is 285 cm³/mol. The van der Waals surface area contributed by atoms with Gasteiger partial charge in [0.25, 0.3) is 0 Å². The molecule has 12 radical (unpaired) electrons. The molecule has 0 N–H and O–H groups in total. The molecule has 0 aliphatic heterocycles. The summed E-state index contributed by atoms with van der Waals surface area (Å²) in [6.45, 7) is 4.42. The van der Waals surface area contributed by atoms with E-state index in [4.69, 9.17) is 59.9 Å². The third-order valence-corrected chi connectivity index (χ3v) is 12.5. The number of hydrogen-bond donors (Lipinski definition) is 0. The van der Waals surface area contributed by atoms with Crippen LogP contribution in [0.1, 0.15) is 36.1 Å². The van der Waals surface area contributed by atoms with Crippen LogP contribution in [0, 0.1) is 24.7 Å². The van der Waals surface area contributed by atoms with E-state index >= 15 is 0 Å². The Labute approximate surface area is 399 Å². The van der Waals surface area contributed by atoms with Gasteiger partial charge in [-0.05, 0) is 78.3 Å². The summed E-state index contributed by atoms with van der Waals surface area (Å²) in [5.74, 6) is 5.51.